The van der Waals surface area contributed by atoms with E-state index < -0.39 is 0 Å². The highest BCUT2D eigenvalue weighted by Gasteiger charge is 2.25. The first-order valence-corrected chi connectivity index (χ1v) is 11.4. The van der Waals surface area contributed by atoms with E-state index in [9.17, 15) is 9.59 Å². The zero-order valence-corrected chi connectivity index (χ0v) is 18.6. The molecule has 1 fully saturated rings. The molecule has 8 heteroatoms. The van der Waals surface area contributed by atoms with E-state index in [1.54, 1.807) is 4.90 Å². The maximum absolute atomic E-state index is 12.7. The smallest absolute Gasteiger partial charge is 0.318 e. The van der Waals surface area contributed by atoms with Crippen molar-refractivity contribution in [3.63, 3.8) is 0 Å². The van der Waals surface area contributed by atoms with Crippen molar-refractivity contribution in [2.45, 2.75) is 13.0 Å². The summed E-state index contributed by atoms with van der Waals surface area (Å²) in [6.45, 7) is 3.94. The first-order valence-electron chi connectivity index (χ1n) is 11.0. The summed E-state index contributed by atoms with van der Waals surface area (Å²) in [6, 6.07) is 15.8. The summed E-state index contributed by atoms with van der Waals surface area (Å²) >= 11 is 6.09. The third kappa shape index (κ3) is 4.12. The number of rotatable bonds is 3. The van der Waals surface area contributed by atoms with Gasteiger partial charge in [0, 0.05) is 60.0 Å². The van der Waals surface area contributed by atoms with E-state index in [0.29, 0.717) is 31.2 Å². The number of amides is 3. The molecule has 2 aromatic carbocycles. The second-order valence-electron chi connectivity index (χ2n) is 8.31. The van der Waals surface area contributed by atoms with Crippen molar-refractivity contribution in [3.8, 4) is 0 Å². The number of H-pyrrole nitrogens is 1. The number of carbonyl (C=O) groups is 2. The van der Waals surface area contributed by atoms with E-state index in [-0.39, 0.29) is 18.5 Å². The largest absolute Gasteiger partial charge is 0.368 e. The van der Waals surface area contributed by atoms with Crippen molar-refractivity contribution in [2.24, 2.45) is 0 Å². The third-order valence-electron chi connectivity index (χ3n) is 6.37. The van der Waals surface area contributed by atoms with E-state index in [2.05, 4.69) is 27.3 Å². The molecule has 0 aliphatic carbocycles. The number of aromatic amines is 1. The molecule has 7 nitrogen and oxygen atoms in total. The maximum Gasteiger partial charge on any atom is 0.318 e. The first kappa shape index (κ1) is 20.7. The predicted octanol–water partition coefficient (Wildman–Crippen LogP) is 3.24. The Bertz CT molecular complexity index is 1150. The fourth-order valence-electron chi connectivity index (χ4n) is 4.63. The Balaban J connectivity index is 1.12. The summed E-state index contributed by atoms with van der Waals surface area (Å²) in [5.41, 5.74) is 4.54. The monoisotopic (exact) mass is 451 g/mol. The van der Waals surface area contributed by atoms with Gasteiger partial charge in [0.05, 0.1) is 13.1 Å². The van der Waals surface area contributed by atoms with Crippen LogP contribution in [0.2, 0.25) is 5.02 Å². The lowest BCUT2D eigenvalue weighted by Gasteiger charge is -2.36. The molecule has 5 rings (SSSR count). The van der Waals surface area contributed by atoms with Crippen molar-refractivity contribution < 1.29 is 9.59 Å². The minimum absolute atomic E-state index is 0.0199. The second-order valence-corrected chi connectivity index (χ2v) is 8.74. The minimum atomic E-state index is -0.194. The van der Waals surface area contributed by atoms with Gasteiger partial charge in [0.15, 0.2) is 0 Å². The molecule has 0 radical (unpaired) electrons. The van der Waals surface area contributed by atoms with Gasteiger partial charge in [0.2, 0.25) is 5.91 Å². The fraction of sp³-hybridized carbons (Fsp3) is 0.333. The Morgan fingerprint density at radius 3 is 2.59 bits per heavy atom. The van der Waals surface area contributed by atoms with Crippen LogP contribution in [-0.4, -0.2) is 66.0 Å². The van der Waals surface area contributed by atoms with Crippen LogP contribution in [0.3, 0.4) is 0 Å². The highest BCUT2D eigenvalue weighted by molar-refractivity contribution is 6.30. The average Bonchev–Trinajstić information content (AvgIpc) is 3.20. The summed E-state index contributed by atoms with van der Waals surface area (Å²) < 4.78 is 0. The van der Waals surface area contributed by atoms with Crippen molar-refractivity contribution >= 4 is 40.1 Å². The Kier molecular flexibility index (Phi) is 5.66. The van der Waals surface area contributed by atoms with E-state index in [0.717, 1.165) is 36.4 Å². The first-order chi connectivity index (χ1) is 15.6. The zero-order valence-electron chi connectivity index (χ0n) is 17.8. The van der Waals surface area contributed by atoms with Gasteiger partial charge in [-0.1, -0.05) is 35.9 Å². The highest BCUT2D eigenvalue weighted by Crippen LogP contribution is 2.27. The third-order valence-corrected chi connectivity index (χ3v) is 6.60. The fourth-order valence-corrected chi connectivity index (χ4v) is 4.81. The number of nitrogens with one attached hydrogen (secondary N) is 2. The number of hydrogen-bond donors (Lipinski definition) is 2. The number of urea groups is 1. The van der Waals surface area contributed by atoms with Crippen LogP contribution < -0.4 is 10.2 Å². The van der Waals surface area contributed by atoms with E-state index in [1.807, 2.05) is 41.3 Å². The van der Waals surface area contributed by atoms with Gasteiger partial charge in [-0.25, -0.2) is 4.79 Å². The number of halogens is 1. The Morgan fingerprint density at radius 1 is 0.969 bits per heavy atom. The molecule has 1 aromatic heterocycles. The van der Waals surface area contributed by atoms with Crippen LogP contribution in [0.1, 0.15) is 11.3 Å². The van der Waals surface area contributed by atoms with Crippen LogP contribution in [-0.2, 0) is 17.8 Å². The summed E-state index contributed by atoms with van der Waals surface area (Å²) in [5, 5.41) is 4.76. The van der Waals surface area contributed by atoms with Crippen LogP contribution in [0.15, 0.2) is 48.5 Å². The Labute approximate surface area is 191 Å². The topological polar surface area (TPSA) is 71.7 Å². The average molecular weight is 452 g/mol. The molecule has 32 heavy (non-hydrogen) atoms. The van der Waals surface area contributed by atoms with Crippen molar-refractivity contribution in [3.05, 3.63) is 64.8 Å². The van der Waals surface area contributed by atoms with Gasteiger partial charge in [0.25, 0.3) is 0 Å². The van der Waals surface area contributed by atoms with Crippen LogP contribution in [0, 0.1) is 0 Å². The number of fused-ring (bicyclic) bond motifs is 3. The quantitative estimate of drug-likeness (QED) is 0.642. The normalized spacial score (nSPS) is 16.2. The summed E-state index contributed by atoms with van der Waals surface area (Å²) in [7, 11) is 0. The number of nitrogens with zero attached hydrogens (tertiary/aromatic N) is 3. The molecule has 2 N–H and O–H groups in total. The van der Waals surface area contributed by atoms with Gasteiger partial charge in [-0.3, -0.25) is 4.79 Å². The molecule has 0 saturated carbocycles. The lowest BCUT2D eigenvalue weighted by molar-refractivity contribution is -0.130. The lowest BCUT2D eigenvalue weighted by atomic mass is 10.0. The Hall–Kier alpha value is -3.19. The van der Waals surface area contributed by atoms with Crippen LogP contribution in [0.4, 0.5) is 10.5 Å². The van der Waals surface area contributed by atoms with Gasteiger partial charge < -0.3 is 25.0 Å². The molecule has 0 unspecified atom stereocenters. The van der Waals surface area contributed by atoms with Crippen LogP contribution >= 0.6 is 11.6 Å². The number of para-hydroxylation sites is 1. The van der Waals surface area contributed by atoms with Crippen LogP contribution in [0.25, 0.3) is 10.9 Å². The van der Waals surface area contributed by atoms with E-state index in [1.165, 1.54) is 10.9 Å². The Morgan fingerprint density at radius 2 is 1.78 bits per heavy atom. The van der Waals surface area contributed by atoms with Crippen LogP contribution in [0.5, 0.6) is 0 Å². The van der Waals surface area contributed by atoms with E-state index >= 15 is 0 Å². The summed E-state index contributed by atoms with van der Waals surface area (Å²) in [5.74, 6) is -0.0487. The molecular formula is C24H26ClN5O2. The van der Waals surface area contributed by atoms with Gasteiger partial charge in [-0.15, -0.1) is 0 Å². The summed E-state index contributed by atoms with van der Waals surface area (Å²) in [6.07, 6.45) is 0.812. The van der Waals surface area contributed by atoms with Gasteiger partial charge in [-0.05, 0) is 36.2 Å². The molecule has 2 aliphatic rings. The SMILES string of the molecule is O=C(CNC(=O)N1CCc2c([nH]c3ccccc23)C1)N1CCN(c2cccc(Cl)c2)CC1. The molecule has 3 aromatic rings. The minimum Gasteiger partial charge on any atom is -0.368 e. The number of hydrogen-bond acceptors (Lipinski definition) is 3. The molecule has 2 aliphatic heterocycles. The van der Waals surface area contributed by atoms with Gasteiger partial charge in [-0.2, -0.15) is 0 Å². The molecule has 3 amide bonds. The number of piperazine rings is 1. The molecule has 0 bridgehead atoms. The van der Waals surface area contributed by atoms with Crippen molar-refractivity contribution in [1.29, 1.82) is 0 Å². The second kappa shape index (κ2) is 8.74. The number of benzene rings is 2. The van der Waals surface area contributed by atoms with Crippen molar-refractivity contribution in [1.82, 2.24) is 20.1 Å². The molecule has 3 heterocycles. The van der Waals surface area contributed by atoms with E-state index in [4.69, 9.17) is 11.6 Å². The highest BCUT2D eigenvalue weighted by atomic mass is 35.5. The molecular weight excluding hydrogens is 426 g/mol. The lowest BCUT2D eigenvalue weighted by Crippen LogP contribution is -2.52. The number of aromatic nitrogens is 1. The molecule has 1 saturated heterocycles. The molecule has 0 atom stereocenters. The maximum atomic E-state index is 12.7. The molecule has 166 valence electrons. The zero-order chi connectivity index (χ0) is 22.1. The van der Waals surface area contributed by atoms with Gasteiger partial charge >= 0.3 is 6.03 Å². The standard InChI is InChI=1S/C24H26ClN5O2/c25-17-4-3-5-18(14-17)28-10-12-29(13-11-28)23(31)15-26-24(32)30-9-8-20-19-6-1-2-7-21(19)27-22(20)16-30/h1-7,14,27H,8-13,15-16H2,(H,26,32). The molecule has 0 spiro atoms. The van der Waals surface area contributed by atoms with Gasteiger partial charge in [0.1, 0.15) is 0 Å². The summed E-state index contributed by atoms with van der Waals surface area (Å²) in [4.78, 5) is 34.6. The number of anilines is 1. The van der Waals surface area contributed by atoms with Crippen molar-refractivity contribution in [2.75, 3.05) is 44.2 Å². The number of carbonyl (C=O) groups excluding carboxylic acids is 2. The predicted molar refractivity (Wildman–Crippen MR) is 126 cm³/mol.